The zero-order chi connectivity index (χ0) is 16.1. The van der Waals surface area contributed by atoms with Crippen molar-refractivity contribution in [1.82, 2.24) is 0 Å². The Bertz CT molecular complexity index is 679. The Kier molecular flexibility index (Phi) is 5.33. The van der Waals surface area contributed by atoms with E-state index in [4.69, 9.17) is 9.47 Å². The maximum Gasteiger partial charge on any atom is 0.230 e. The molecule has 0 aliphatic heterocycles. The van der Waals surface area contributed by atoms with Crippen molar-refractivity contribution in [3.63, 3.8) is 0 Å². The number of alkyl halides is 1. The molecule has 0 heterocycles. The number of Topliss-reactive ketones (excluding diaryl/α,β-unsaturated/α-hetero) is 2. The van der Waals surface area contributed by atoms with Crippen LogP contribution in [0, 0.1) is 0 Å². The molecule has 0 aliphatic rings. The normalized spacial score (nSPS) is 11.6. The van der Waals surface area contributed by atoms with E-state index in [2.05, 4.69) is 15.9 Å². The standard InChI is InChI=1S/C17H15BrO4/c1-21-13-8-6-11(7-9-13)16(19)17(20)15(18)12-4-3-5-14(10-12)22-2/h3-10,15H,1-2H3. The van der Waals surface area contributed by atoms with Crippen molar-refractivity contribution in [2.75, 3.05) is 14.2 Å². The molecular formula is C17H15BrO4. The molecule has 0 N–H and O–H groups in total. The summed E-state index contributed by atoms with van der Waals surface area (Å²) in [6.07, 6.45) is 0. The summed E-state index contributed by atoms with van der Waals surface area (Å²) in [6.45, 7) is 0. The number of carbonyl (C=O) groups excluding carboxylic acids is 2. The van der Waals surface area contributed by atoms with Gasteiger partial charge in [0.1, 0.15) is 16.3 Å². The number of carbonyl (C=O) groups is 2. The first-order chi connectivity index (χ1) is 10.6. The molecule has 4 nitrogen and oxygen atoms in total. The summed E-state index contributed by atoms with van der Waals surface area (Å²) in [4.78, 5) is 23.9. The van der Waals surface area contributed by atoms with E-state index in [1.807, 2.05) is 0 Å². The molecule has 0 saturated carbocycles. The summed E-state index contributed by atoms with van der Waals surface area (Å²) < 4.78 is 10.2. The van der Waals surface area contributed by atoms with Crippen LogP contribution in [0.1, 0.15) is 20.7 Å². The van der Waals surface area contributed by atoms with Gasteiger partial charge in [-0.2, -0.15) is 0 Å². The van der Waals surface area contributed by atoms with E-state index in [9.17, 15) is 9.59 Å². The number of halogens is 1. The molecular weight excluding hydrogens is 348 g/mol. The number of methoxy groups -OCH3 is 2. The molecule has 0 radical (unpaired) electrons. The third-order valence-corrected chi connectivity index (χ3v) is 4.14. The van der Waals surface area contributed by atoms with Crippen LogP contribution in [0.15, 0.2) is 48.5 Å². The topological polar surface area (TPSA) is 52.6 Å². The molecule has 0 saturated heterocycles. The molecule has 0 fully saturated rings. The van der Waals surface area contributed by atoms with Gasteiger partial charge in [0, 0.05) is 5.56 Å². The largest absolute Gasteiger partial charge is 0.497 e. The van der Waals surface area contributed by atoms with Gasteiger partial charge in [0.15, 0.2) is 0 Å². The lowest BCUT2D eigenvalue weighted by Crippen LogP contribution is -2.18. The van der Waals surface area contributed by atoms with E-state index in [1.165, 1.54) is 0 Å². The van der Waals surface area contributed by atoms with Gasteiger partial charge in [-0.1, -0.05) is 28.1 Å². The van der Waals surface area contributed by atoms with Gasteiger partial charge in [-0.25, -0.2) is 0 Å². The highest BCUT2D eigenvalue weighted by atomic mass is 79.9. The van der Waals surface area contributed by atoms with Crippen LogP contribution in [0.4, 0.5) is 0 Å². The second-order valence-corrected chi connectivity index (χ2v) is 5.48. The highest BCUT2D eigenvalue weighted by Crippen LogP contribution is 2.28. The van der Waals surface area contributed by atoms with E-state index in [0.29, 0.717) is 22.6 Å². The Morgan fingerprint density at radius 3 is 2.18 bits per heavy atom. The van der Waals surface area contributed by atoms with Gasteiger partial charge in [0.2, 0.25) is 11.6 Å². The van der Waals surface area contributed by atoms with Crippen molar-refractivity contribution in [3.05, 3.63) is 59.7 Å². The fourth-order valence-corrected chi connectivity index (χ4v) is 2.44. The number of rotatable bonds is 6. The van der Waals surface area contributed by atoms with Crippen LogP contribution in [0.5, 0.6) is 11.5 Å². The fraction of sp³-hybridized carbons (Fsp3) is 0.176. The zero-order valence-corrected chi connectivity index (χ0v) is 13.8. The molecule has 2 rings (SSSR count). The molecule has 0 spiro atoms. The molecule has 0 amide bonds. The molecule has 1 atom stereocenters. The number of hydrogen-bond donors (Lipinski definition) is 0. The van der Waals surface area contributed by atoms with Crippen molar-refractivity contribution < 1.29 is 19.1 Å². The molecule has 5 heteroatoms. The van der Waals surface area contributed by atoms with Crippen molar-refractivity contribution in [2.45, 2.75) is 4.83 Å². The first-order valence-corrected chi connectivity index (χ1v) is 7.49. The molecule has 0 aromatic heterocycles. The van der Waals surface area contributed by atoms with Gasteiger partial charge >= 0.3 is 0 Å². The van der Waals surface area contributed by atoms with E-state index >= 15 is 0 Å². The van der Waals surface area contributed by atoms with Crippen molar-refractivity contribution in [3.8, 4) is 11.5 Å². The molecule has 2 aromatic rings. The predicted molar refractivity (Wildman–Crippen MR) is 87.0 cm³/mol. The summed E-state index contributed by atoms with van der Waals surface area (Å²) in [7, 11) is 3.09. The summed E-state index contributed by atoms with van der Waals surface area (Å²) >= 11 is 3.29. The highest BCUT2D eigenvalue weighted by molar-refractivity contribution is 9.09. The average molecular weight is 363 g/mol. The first-order valence-electron chi connectivity index (χ1n) is 6.57. The zero-order valence-electron chi connectivity index (χ0n) is 12.2. The fourth-order valence-electron chi connectivity index (χ4n) is 1.95. The smallest absolute Gasteiger partial charge is 0.230 e. The Labute approximate surface area is 137 Å². The van der Waals surface area contributed by atoms with Crippen LogP contribution in [0.25, 0.3) is 0 Å². The lowest BCUT2D eigenvalue weighted by Gasteiger charge is -2.10. The molecule has 22 heavy (non-hydrogen) atoms. The Morgan fingerprint density at radius 1 is 0.955 bits per heavy atom. The maximum atomic E-state index is 12.3. The van der Waals surface area contributed by atoms with Crippen molar-refractivity contribution >= 4 is 27.5 Å². The predicted octanol–water partition coefficient (Wildman–Crippen LogP) is 3.59. The van der Waals surface area contributed by atoms with E-state index in [0.717, 1.165) is 0 Å². The van der Waals surface area contributed by atoms with Crippen molar-refractivity contribution in [2.24, 2.45) is 0 Å². The Balaban J connectivity index is 2.19. The minimum atomic E-state index is -0.711. The van der Waals surface area contributed by atoms with Gasteiger partial charge in [0.25, 0.3) is 0 Å². The van der Waals surface area contributed by atoms with Gasteiger partial charge < -0.3 is 9.47 Å². The van der Waals surface area contributed by atoms with Crippen LogP contribution in [-0.4, -0.2) is 25.8 Å². The Hall–Kier alpha value is -2.14. The molecule has 114 valence electrons. The minimum Gasteiger partial charge on any atom is -0.497 e. The van der Waals surface area contributed by atoms with E-state index in [-0.39, 0.29) is 0 Å². The van der Waals surface area contributed by atoms with Gasteiger partial charge in [-0.05, 0) is 42.0 Å². The SMILES string of the molecule is COc1ccc(C(=O)C(=O)C(Br)c2cccc(OC)c2)cc1. The Morgan fingerprint density at radius 2 is 1.59 bits per heavy atom. The monoisotopic (exact) mass is 362 g/mol. The number of benzene rings is 2. The third kappa shape index (κ3) is 3.54. The van der Waals surface area contributed by atoms with Crippen LogP contribution >= 0.6 is 15.9 Å². The maximum absolute atomic E-state index is 12.3. The lowest BCUT2D eigenvalue weighted by molar-refractivity contribution is -0.114. The number of ether oxygens (including phenoxy) is 2. The molecule has 0 bridgehead atoms. The van der Waals surface area contributed by atoms with E-state index in [1.54, 1.807) is 62.8 Å². The van der Waals surface area contributed by atoms with Gasteiger partial charge in [-0.15, -0.1) is 0 Å². The first kappa shape index (κ1) is 16.2. The second kappa shape index (κ2) is 7.22. The number of hydrogen-bond acceptors (Lipinski definition) is 4. The summed E-state index contributed by atoms with van der Waals surface area (Å²) in [5.41, 5.74) is 1.00. The number of ketones is 2. The molecule has 1 unspecified atom stereocenters. The van der Waals surface area contributed by atoms with Gasteiger partial charge in [0.05, 0.1) is 14.2 Å². The summed E-state index contributed by atoms with van der Waals surface area (Å²) in [5, 5.41) is 0. The van der Waals surface area contributed by atoms with Crippen LogP contribution in [-0.2, 0) is 4.79 Å². The average Bonchev–Trinajstić information content (AvgIpc) is 2.59. The third-order valence-electron chi connectivity index (χ3n) is 3.19. The van der Waals surface area contributed by atoms with Gasteiger partial charge in [-0.3, -0.25) is 9.59 Å². The van der Waals surface area contributed by atoms with E-state index < -0.39 is 16.4 Å². The second-order valence-electron chi connectivity index (χ2n) is 4.56. The van der Waals surface area contributed by atoms with Crippen molar-refractivity contribution in [1.29, 1.82) is 0 Å². The summed E-state index contributed by atoms with van der Waals surface area (Å²) in [5.74, 6) is 0.185. The van der Waals surface area contributed by atoms with Crippen LogP contribution < -0.4 is 9.47 Å². The molecule has 2 aromatic carbocycles. The quantitative estimate of drug-likeness (QED) is 0.447. The van der Waals surface area contributed by atoms with Crippen LogP contribution in [0.3, 0.4) is 0 Å². The lowest BCUT2D eigenvalue weighted by atomic mass is 10.0. The minimum absolute atomic E-state index is 0.332. The highest BCUT2D eigenvalue weighted by Gasteiger charge is 2.25. The van der Waals surface area contributed by atoms with Crippen LogP contribution in [0.2, 0.25) is 0 Å². The molecule has 0 aliphatic carbocycles. The summed E-state index contributed by atoms with van der Waals surface area (Å²) in [6, 6.07) is 13.5.